The summed E-state index contributed by atoms with van der Waals surface area (Å²) in [7, 11) is 0. The van der Waals surface area contributed by atoms with Crippen molar-refractivity contribution < 1.29 is 4.39 Å². The van der Waals surface area contributed by atoms with Crippen molar-refractivity contribution >= 4 is 0 Å². The Hall–Kier alpha value is -1.75. The summed E-state index contributed by atoms with van der Waals surface area (Å²) < 4.78 is 15.6. The number of hydrogen-bond donors (Lipinski definition) is 1. The minimum atomic E-state index is -0.301. The van der Waals surface area contributed by atoms with E-state index < -0.39 is 0 Å². The molecule has 5 heteroatoms. The van der Waals surface area contributed by atoms with Crippen LogP contribution < -0.4 is 5.73 Å². The zero-order chi connectivity index (χ0) is 12.4. The molecule has 0 fully saturated rings. The third-order valence-corrected chi connectivity index (χ3v) is 2.58. The highest BCUT2D eigenvalue weighted by Crippen LogP contribution is 2.24. The lowest BCUT2D eigenvalue weighted by molar-refractivity contribution is 0.569. The summed E-state index contributed by atoms with van der Waals surface area (Å²) in [4.78, 5) is 0. The molecule has 17 heavy (non-hydrogen) atoms. The molecule has 90 valence electrons. The maximum atomic E-state index is 13.7. The highest BCUT2D eigenvalue weighted by molar-refractivity contribution is 5.56. The number of benzene rings is 1. The van der Waals surface area contributed by atoms with Crippen molar-refractivity contribution in [3.63, 3.8) is 0 Å². The summed E-state index contributed by atoms with van der Waals surface area (Å²) in [5.41, 5.74) is 6.05. The molecule has 1 heterocycles. The van der Waals surface area contributed by atoms with Gasteiger partial charge in [0.25, 0.3) is 0 Å². The Morgan fingerprint density at radius 1 is 1.29 bits per heavy atom. The summed E-state index contributed by atoms with van der Waals surface area (Å²) in [6.07, 6.45) is 0. The van der Waals surface area contributed by atoms with E-state index in [-0.39, 0.29) is 11.9 Å². The number of aromatic nitrogens is 3. The Bertz CT molecular complexity index is 519. The highest BCUT2D eigenvalue weighted by atomic mass is 19.1. The van der Waals surface area contributed by atoms with Gasteiger partial charge in [-0.25, -0.2) is 4.39 Å². The molecule has 0 radical (unpaired) electrons. The largest absolute Gasteiger partial charge is 0.324 e. The van der Waals surface area contributed by atoms with Gasteiger partial charge >= 0.3 is 0 Å². The predicted molar refractivity (Wildman–Crippen MR) is 63.7 cm³/mol. The van der Waals surface area contributed by atoms with E-state index in [4.69, 9.17) is 5.73 Å². The van der Waals surface area contributed by atoms with E-state index in [2.05, 4.69) is 10.2 Å². The molecule has 1 aromatic heterocycles. The first-order valence-corrected chi connectivity index (χ1v) is 5.54. The normalized spacial score (nSPS) is 11.1. The van der Waals surface area contributed by atoms with Crippen LogP contribution in [-0.2, 0) is 6.54 Å². The smallest absolute Gasteiger partial charge is 0.167 e. The van der Waals surface area contributed by atoms with E-state index in [0.29, 0.717) is 23.8 Å². The van der Waals surface area contributed by atoms with Crippen molar-refractivity contribution in [2.24, 2.45) is 5.73 Å². The Kier molecular flexibility index (Phi) is 3.19. The zero-order valence-corrected chi connectivity index (χ0v) is 9.89. The van der Waals surface area contributed by atoms with Crippen LogP contribution in [0.2, 0.25) is 0 Å². The molecule has 0 bridgehead atoms. The van der Waals surface area contributed by atoms with Gasteiger partial charge < -0.3 is 10.3 Å². The number of hydrogen-bond acceptors (Lipinski definition) is 3. The number of nitrogens with two attached hydrogens (primary N) is 1. The van der Waals surface area contributed by atoms with Crippen LogP contribution in [0.4, 0.5) is 4.39 Å². The fraction of sp³-hybridized carbons (Fsp3) is 0.333. The van der Waals surface area contributed by atoms with E-state index in [1.165, 1.54) is 6.07 Å². The first kappa shape index (κ1) is 11.7. The van der Waals surface area contributed by atoms with E-state index in [1.807, 2.05) is 18.4 Å². The zero-order valence-electron chi connectivity index (χ0n) is 9.89. The molecule has 0 saturated heterocycles. The Morgan fingerprint density at radius 3 is 2.59 bits per heavy atom. The van der Waals surface area contributed by atoms with Crippen molar-refractivity contribution in [3.05, 3.63) is 35.9 Å². The van der Waals surface area contributed by atoms with Gasteiger partial charge in [-0.3, -0.25) is 0 Å². The summed E-state index contributed by atoms with van der Waals surface area (Å²) in [6.45, 7) is 4.28. The molecule has 2 N–H and O–H groups in total. The minimum Gasteiger partial charge on any atom is -0.324 e. The molecule has 0 aliphatic heterocycles. The standard InChI is InChI=1S/C12H15FN4/c1-8(2)17-11(7-14)15-16-12(17)9-5-3-4-6-10(9)13/h3-6,8H,7,14H2,1-2H3. The molecule has 2 rings (SSSR count). The summed E-state index contributed by atoms with van der Waals surface area (Å²) >= 11 is 0. The lowest BCUT2D eigenvalue weighted by Crippen LogP contribution is -2.11. The summed E-state index contributed by atoms with van der Waals surface area (Å²) in [5.74, 6) is 0.891. The Morgan fingerprint density at radius 2 is 2.00 bits per heavy atom. The molecule has 0 aliphatic rings. The van der Waals surface area contributed by atoms with Gasteiger partial charge in [-0.2, -0.15) is 0 Å². The maximum absolute atomic E-state index is 13.7. The number of halogens is 1. The SMILES string of the molecule is CC(C)n1c(CN)nnc1-c1ccccc1F. The molecule has 0 aliphatic carbocycles. The van der Waals surface area contributed by atoms with Gasteiger partial charge in [0.05, 0.1) is 12.1 Å². The molecule has 0 spiro atoms. The van der Waals surface area contributed by atoms with Gasteiger partial charge in [0, 0.05) is 6.04 Å². The number of nitrogens with zero attached hydrogens (tertiary/aromatic N) is 3. The van der Waals surface area contributed by atoms with Crippen LogP contribution in [0.25, 0.3) is 11.4 Å². The molecule has 1 aromatic carbocycles. The van der Waals surface area contributed by atoms with E-state index in [9.17, 15) is 4.39 Å². The second kappa shape index (κ2) is 4.63. The Balaban J connectivity index is 2.60. The first-order valence-electron chi connectivity index (χ1n) is 5.54. The van der Waals surface area contributed by atoms with E-state index >= 15 is 0 Å². The first-order chi connectivity index (χ1) is 8.15. The van der Waals surface area contributed by atoms with Gasteiger partial charge in [0.2, 0.25) is 0 Å². The third kappa shape index (κ3) is 2.06. The van der Waals surface area contributed by atoms with Crippen LogP contribution in [0.1, 0.15) is 25.7 Å². The van der Waals surface area contributed by atoms with Crippen LogP contribution in [0.3, 0.4) is 0 Å². The second-order valence-electron chi connectivity index (χ2n) is 4.09. The highest BCUT2D eigenvalue weighted by Gasteiger charge is 2.17. The van der Waals surface area contributed by atoms with Crippen molar-refractivity contribution in [2.75, 3.05) is 0 Å². The van der Waals surface area contributed by atoms with Crippen LogP contribution in [0.15, 0.2) is 24.3 Å². The molecular formula is C12H15FN4. The average Bonchev–Trinajstić information content (AvgIpc) is 2.73. The van der Waals surface area contributed by atoms with Crippen LogP contribution >= 0.6 is 0 Å². The fourth-order valence-electron chi connectivity index (χ4n) is 1.83. The van der Waals surface area contributed by atoms with Gasteiger partial charge in [-0.1, -0.05) is 12.1 Å². The van der Waals surface area contributed by atoms with Crippen molar-refractivity contribution in [3.8, 4) is 11.4 Å². The van der Waals surface area contributed by atoms with E-state index in [1.54, 1.807) is 18.2 Å². The maximum Gasteiger partial charge on any atom is 0.167 e. The quantitative estimate of drug-likeness (QED) is 0.885. The average molecular weight is 234 g/mol. The third-order valence-electron chi connectivity index (χ3n) is 2.58. The lowest BCUT2D eigenvalue weighted by atomic mass is 10.2. The lowest BCUT2D eigenvalue weighted by Gasteiger charge is -2.13. The second-order valence-corrected chi connectivity index (χ2v) is 4.09. The Labute approximate surface area is 99.3 Å². The molecule has 2 aromatic rings. The monoisotopic (exact) mass is 234 g/mol. The van der Waals surface area contributed by atoms with Crippen molar-refractivity contribution in [1.82, 2.24) is 14.8 Å². The minimum absolute atomic E-state index is 0.137. The van der Waals surface area contributed by atoms with Gasteiger partial charge in [0.1, 0.15) is 11.6 Å². The predicted octanol–water partition coefficient (Wildman–Crippen LogP) is 2.12. The fourth-order valence-corrected chi connectivity index (χ4v) is 1.83. The van der Waals surface area contributed by atoms with Gasteiger partial charge in [0.15, 0.2) is 5.82 Å². The molecule has 4 nitrogen and oxygen atoms in total. The van der Waals surface area contributed by atoms with E-state index in [0.717, 1.165) is 0 Å². The molecule has 0 saturated carbocycles. The molecule has 0 atom stereocenters. The van der Waals surface area contributed by atoms with Crippen molar-refractivity contribution in [1.29, 1.82) is 0 Å². The van der Waals surface area contributed by atoms with Gasteiger partial charge in [-0.15, -0.1) is 10.2 Å². The van der Waals surface area contributed by atoms with Crippen LogP contribution in [0, 0.1) is 5.82 Å². The number of rotatable bonds is 3. The van der Waals surface area contributed by atoms with Crippen LogP contribution in [0.5, 0.6) is 0 Å². The molecule has 0 unspecified atom stereocenters. The van der Waals surface area contributed by atoms with Gasteiger partial charge in [-0.05, 0) is 26.0 Å². The topological polar surface area (TPSA) is 56.7 Å². The molecular weight excluding hydrogens is 219 g/mol. The van der Waals surface area contributed by atoms with Crippen LogP contribution in [-0.4, -0.2) is 14.8 Å². The summed E-state index contributed by atoms with van der Waals surface area (Å²) in [6, 6.07) is 6.67. The molecule has 0 amide bonds. The van der Waals surface area contributed by atoms with Crippen molar-refractivity contribution in [2.45, 2.75) is 26.4 Å². The summed E-state index contributed by atoms with van der Waals surface area (Å²) in [5, 5.41) is 8.03.